The van der Waals surface area contributed by atoms with Gasteiger partial charge < -0.3 is 14.6 Å². The molecule has 2 N–H and O–H groups in total. The van der Waals surface area contributed by atoms with Crippen molar-refractivity contribution in [2.75, 3.05) is 13.2 Å². The van der Waals surface area contributed by atoms with Crippen LogP contribution in [0.3, 0.4) is 0 Å². The van der Waals surface area contributed by atoms with E-state index in [1.165, 1.54) is 0 Å². The Morgan fingerprint density at radius 1 is 1.35 bits per heavy atom. The van der Waals surface area contributed by atoms with Gasteiger partial charge in [0.05, 0.1) is 13.2 Å². The first-order chi connectivity index (χ1) is 9.61. The van der Waals surface area contributed by atoms with Crippen LogP contribution in [-0.4, -0.2) is 30.3 Å². The molecule has 5 heteroatoms. The van der Waals surface area contributed by atoms with E-state index >= 15 is 0 Å². The van der Waals surface area contributed by atoms with Crippen molar-refractivity contribution in [3.05, 3.63) is 23.8 Å². The second-order valence-corrected chi connectivity index (χ2v) is 5.00. The number of rotatable bonds is 5. The lowest BCUT2D eigenvalue weighted by molar-refractivity contribution is -0.139. The fourth-order valence-electron chi connectivity index (χ4n) is 2.07. The maximum atomic E-state index is 11.5. The standard InChI is InChI=1S/C15H21NO4/c1-3-10(2)16-14(15(17)18)11-5-6-12-13(9-11)20-8-4-7-19-12/h5-6,9-10,14,16H,3-4,7-8H2,1-2H3,(H,17,18). The molecule has 0 amide bonds. The summed E-state index contributed by atoms with van der Waals surface area (Å²) in [5.41, 5.74) is 0.682. The molecule has 2 unspecified atom stereocenters. The van der Waals surface area contributed by atoms with Gasteiger partial charge in [-0.2, -0.15) is 0 Å². The molecule has 5 nitrogen and oxygen atoms in total. The molecular formula is C15H21NO4. The highest BCUT2D eigenvalue weighted by Gasteiger charge is 2.23. The van der Waals surface area contributed by atoms with Gasteiger partial charge >= 0.3 is 5.97 Å². The predicted molar refractivity (Wildman–Crippen MR) is 75.3 cm³/mol. The molecule has 1 aromatic rings. The molecule has 0 aromatic heterocycles. The lowest BCUT2D eigenvalue weighted by Gasteiger charge is -2.20. The number of benzene rings is 1. The van der Waals surface area contributed by atoms with Crippen LogP contribution in [0.25, 0.3) is 0 Å². The molecule has 0 aliphatic carbocycles. The number of fused-ring (bicyclic) bond motifs is 1. The molecule has 1 aliphatic rings. The molecule has 0 fully saturated rings. The van der Waals surface area contributed by atoms with Crippen molar-refractivity contribution in [2.24, 2.45) is 0 Å². The topological polar surface area (TPSA) is 67.8 Å². The molecule has 1 aromatic carbocycles. The van der Waals surface area contributed by atoms with E-state index < -0.39 is 12.0 Å². The van der Waals surface area contributed by atoms with Gasteiger partial charge in [-0.15, -0.1) is 0 Å². The van der Waals surface area contributed by atoms with Gasteiger partial charge in [0.15, 0.2) is 11.5 Å². The third kappa shape index (κ3) is 3.42. The zero-order chi connectivity index (χ0) is 14.5. The molecule has 0 saturated heterocycles. The highest BCUT2D eigenvalue weighted by molar-refractivity contribution is 5.76. The molecule has 0 radical (unpaired) electrons. The maximum Gasteiger partial charge on any atom is 0.325 e. The van der Waals surface area contributed by atoms with E-state index in [9.17, 15) is 9.90 Å². The van der Waals surface area contributed by atoms with Gasteiger partial charge in [0, 0.05) is 12.5 Å². The monoisotopic (exact) mass is 279 g/mol. The maximum absolute atomic E-state index is 11.5. The molecular weight excluding hydrogens is 258 g/mol. The van der Waals surface area contributed by atoms with E-state index in [1.54, 1.807) is 18.2 Å². The lowest BCUT2D eigenvalue weighted by atomic mass is 10.0. The summed E-state index contributed by atoms with van der Waals surface area (Å²) in [7, 11) is 0. The van der Waals surface area contributed by atoms with Crippen molar-refractivity contribution in [2.45, 2.75) is 38.8 Å². The number of nitrogens with one attached hydrogen (secondary N) is 1. The summed E-state index contributed by atoms with van der Waals surface area (Å²) in [6, 6.07) is 4.72. The largest absolute Gasteiger partial charge is 0.490 e. The highest BCUT2D eigenvalue weighted by atomic mass is 16.5. The number of aliphatic carboxylic acids is 1. The van der Waals surface area contributed by atoms with E-state index in [0.717, 1.165) is 12.8 Å². The van der Waals surface area contributed by atoms with Crippen molar-refractivity contribution in [1.82, 2.24) is 5.32 Å². The van der Waals surface area contributed by atoms with Crippen LogP contribution < -0.4 is 14.8 Å². The predicted octanol–water partition coefficient (Wildman–Crippen LogP) is 2.36. The van der Waals surface area contributed by atoms with Crippen LogP contribution in [0, 0.1) is 0 Å². The molecule has 0 saturated carbocycles. The Morgan fingerprint density at radius 2 is 2.05 bits per heavy atom. The summed E-state index contributed by atoms with van der Waals surface area (Å²) >= 11 is 0. The van der Waals surface area contributed by atoms with Gasteiger partial charge in [-0.25, -0.2) is 0 Å². The van der Waals surface area contributed by atoms with E-state index in [2.05, 4.69) is 5.32 Å². The van der Waals surface area contributed by atoms with Crippen molar-refractivity contribution >= 4 is 5.97 Å². The Hall–Kier alpha value is -1.75. The van der Waals surface area contributed by atoms with Crippen LogP contribution in [-0.2, 0) is 4.79 Å². The number of carbonyl (C=O) groups is 1. The number of ether oxygens (including phenoxy) is 2. The SMILES string of the molecule is CCC(C)NC(C(=O)O)c1ccc2c(c1)OCCCO2. The van der Waals surface area contributed by atoms with Crippen LogP contribution in [0.5, 0.6) is 11.5 Å². The van der Waals surface area contributed by atoms with Crippen LogP contribution in [0.4, 0.5) is 0 Å². The fraction of sp³-hybridized carbons (Fsp3) is 0.533. The fourth-order valence-corrected chi connectivity index (χ4v) is 2.07. The van der Waals surface area contributed by atoms with E-state index in [1.807, 2.05) is 13.8 Å². The minimum atomic E-state index is -0.889. The summed E-state index contributed by atoms with van der Waals surface area (Å²) < 4.78 is 11.2. The van der Waals surface area contributed by atoms with Gasteiger partial charge in [0.2, 0.25) is 0 Å². The summed E-state index contributed by atoms with van der Waals surface area (Å²) in [6.07, 6.45) is 1.70. The Labute approximate surface area is 118 Å². The Kier molecular flexibility index (Phi) is 4.84. The van der Waals surface area contributed by atoms with Gasteiger partial charge in [-0.3, -0.25) is 10.1 Å². The van der Waals surface area contributed by atoms with Crippen LogP contribution in [0.2, 0.25) is 0 Å². The second kappa shape index (κ2) is 6.61. The third-order valence-corrected chi connectivity index (χ3v) is 3.42. The summed E-state index contributed by atoms with van der Waals surface area (Å²) in [5.74, 6) is 0.413. The first-order valence-electron chi connectivity index (χ1n) is 7.00. The molecule has 1 heterocycles. The van der Waals surface area contributed by atoms with Crippen molar-refractivity contribution in [3.8, 4) is 11.5 Å². The quantitative estimate of drug-likeness (QED) is 0.866. The molecule has 2 atom stereocenters. The van der Waals surface area contributed by atoms with E-state index in [0.29, 0.717) is 30.3 Å². The average Bonchev–Trinajstić information content (AvgIpc) is 2.68. The Morgan fingerprint density at radius 3 is 2.70 bits per heavy atom. The third-order valence-electron chi connectivity index (χ3n) is 3.42. The number of hydrogen-bond acceptors (Lipinski definition) is 4. The minimum Gasteiger partial charge on any atom is -0.490 e. The van der Waals surface area contributed by atoms with Crippen molar-refractivity contribution in [3.63, 3.8) is 0 Å². The molecule has 20 heavy (non-hydrogen) atoms. The Balaban J connectivity index is 2.25. The second-order valence-electron chi connectivity index (χ2n) is 5.00. The molecule has 0 spiro atoms. The number of carboxylic acid groups (broad SMARTS) is 1. The summed E-state index contributed by atoms with van der Waals surface area (Å²) in [4.78, 5) is 11.5. The van der Waals surface area contributed by atoms with Gasteiger partial charge in [0.25, 0.3) is 0 Å². The van der Waals surface area contributed by atoms with Crippen molar-refractivity contribution in [1.29, 1.82) is 0 Å². The van der Waals surface area contributed by atoms with Gasteiger partial charge in [0.1, 0.15) is 6.04 Å². The van der Waals surface area contributed by atoms with Crippen LogP contribution in [0.1, 0.15) is 38.3 Å². The van der Waals surface area contributed by atoms with Crippen LogP contribution in [0.15, 0.2) is 18.2 Å². The average molecular weight is 279 g/mol. The van der Waals surface area contributed by atoms with Crippen LogP contribution >= 0.6 is 0 Å². The summed E-state index contributed by atoms with van der Waals surface area (Å²) in [5, 5.41) is 12.5. The number of hydrogen-bond donors (Lipinski definition) is 2. The minimum absolute atomic E-state index is 0.132. The zero-order valence-electron chi connectivity index (χ0n) is 11.9. The Bertz CT molecular complexity index is 475. The first kappa shape index (κ1) is 14.7. The molecule has 0 bridgehead atoms. The zero-order valence-corrected chi connectivity index (χ0v) is 11.9. The van der Waals surface area contributed by atoms with E-state index in [-0.39, 0.29) is 6.04 Å². The highest BCUT2D eigenvalue weighted by Crippen LogP contribution is 2.32. The summed E-state index contributed by atoms with van der Waals surface area (Å²) in [6.45, 7) is 5.20. The lowest BCUT2D eigenvalue weighted by Crippen LogP contribution is -2.34. The smallest absolute Gasteiger partial charge is 0.325 e. The molecule has 1 aliphatic heterocycles. The first-order valence-corrected chi connectivity index (χ1v) is 7.00. The van der Waals surface area contributed by atoms with Crippen molar-refractivity contribution < 1.29 is 19.4 Å². The van der Waals surface area contributed by atoms with Gasteiger partial charge in [-0.1, -0.05) is 13.0 Å². The van der Waals surface area contributed by atoms with Gasteiger partial charge in [-0.05, 0) is 31.0 Å². The normalized spacial score (nSPS) is 17.1. The number of carboxylic acids is 1. The molecule has 2 rings (SSSR count). The van der Waals surface area contributed by atoms with E-state index in [4.69, 9.17) is 9.47 Å². The molecule has 110 valence electrons.